The van der Waals surface area contributed by atoms with Crippen LogP contribution in [0.15, 0.2) is 47.3 Å². The third kappa shape index (κ3) is 3.39. The number of fused-ring (bicyclic) bond motifs is 1. The van der Waals surface area contributed by atoms with E-state index in [1.165, 1.54) is 6.33 Å². The molecule has 1 atom stereocenters. The lowest BCUT2D eigenvalue weighted by Gasteiger charge is -2.19. The van der Waals surface area contributed by atoms with E-state index in [9.17, 15) is 5.26 Å². The van der Waals surface area contributed by atoms with E-state index in [1.54, 1.807) is 4.52 Å². The lowest BCUT2D eigenvalue weighted by atomic mass is 10.0. The molecule has 8 nitrogen and oxygen atoms in total. The van der Waals surface area contributed by atoms with Crippen LogP contribution in [-0.4, -0.2) is 24.6 Å². The number of nitrogens with one attached hydrogen (secondary N) is 1. The molecule has 0 spiro atoms. The van der Waals surface area contributed by atoms with Crippen LogP contribution in [0.5, 0.6) is 0 Å². The van der Waals surface area contributed by atoms with E-state index in [-0.39, 0.29) is 17.4 Å². The zero-order valence-electron chi connectivity index (χ0n) is 15.8. The Bertz CT molecular complexity index is 1240. The summed E-state index contributed by atoms with van der Waals surface area (Å²) >= 11 is 3.57. The van der Waals surface area contributed by atoms with Crippen molar-refractivity contribution in [2.45, 2.75) is 19.9 Å². The number of aromatic nitrogens is 5. The molecule has 3 N–H and O–H groups in total. The normalized spacial score (nSPS) is 11.9. The predicted octanol–water partition coefficient (Wildman–Crippen LogP) is 3.88. The van der Waals surface area contributed by atoms with Gasteiger partial charge in [-0.25, -0.2) is 19.5 Å². The molecule has 4 aromatic rings. The monoisotopic (exact) mass is 448 g/mol. The van der Waals surface area contributed by atoms with Crippen LogP contribution in [-0.2, 0) is 0 Å². The van der Waals surface area contributed by atoms with Crippen LogP contribution >= 0.6 is 15.9 Å². The van der Waals surface area contributed by atoms with E-state index in [0.29, 0.717) is 5.82 Å². The maximum Gasteiger partial charge on any atom is 0.170 e. The van der Waals surface area contributed by atoms with E-state index >= 15 is 0 Å². The summed E-state index contributed by atoms with van der Waals surface area (Å²) in [5.41, 5.74) is 10.3. The van der Waals surface area contributed by atoms with Crippen LogP contribution in [0.25, 0.3) is 16.9 Å². The number of benzene rings is 1. The minimum Gasteiger partial charge on any atom is -0.382 e. The van der Waals surface area contributed by atoms with Gasteiger partial charge in [-0.2, -0.15) is 10.4 Å². The first-order valence-electron chi connectivity index (χ1n) is 8.87. The number of nitrogen functional groups attached to an aromatic ring is 1. The molecule has 0 amide bonds. The third-order valence-corrected chi connectivity index (χ3v) is 5.53. The Balaban J connectivity index is 1.86. The largest absolute Gasteiger partial charge is 0.382 e. The molecular weight excluding hydrogens is 432 g/mol. The highest BCUT2D eigenvalue weighted by Gasteiger charge is 2.20. The standard InChI is InChI=1S/C20H17BrN8/c1-11(26-19-14(8-22)18(23)24-10-25-19)15-9-29-20(16(21)12(2)28-29)27-17(15)13-6-4-3-5-7-13/h3-7,9-11H,1-2H3,(H3,23,24,25,26)/t11-/m0/s1. The summed E-state index contributed by atoms with van der Waals surface area (Å²) in [6.07, 6.45) is 3.27. The molecule has 29 heavy (non-hydrogen) atoms. The highest BCUT2D eigenvalue weighted by Crippen LogP contribution is 2.32. The first-order chi connectivity index (χ1) is 14.0. The second kappa shape index (κ2) is 7.48. The summed E-state index contributed by atoms with van der Waals surface area (Å²) < 4.78 is 2.61. The minimum atomic E-state index is -0.230. The highest BCUT2D eigenvalue weighted by molar-refractivity contribution is 9.10. The van der Waals surface area contributed by atoms with Gasteiger partial charge in [-0.15, -0.1) is 0 Å². The van der Waals surface area contributed by atoms with Crippen LogP contribution in [0.1, 0.15) is 29.8 Å². The van der Waals surface area contributed by atoms with Gasteiger partial charge in [-0.1, -0.05) is 30.3 Å². The minimum absolute atomic E-state index is 0.140. The van der Waals surface area contributed by atoms with Crippen LogP contribution in [0, 0.1) is 18.3 Å². The number of aryl methyl sites for hydroxylation is 1. The number of nitriles is 1. The van der Waals surface area contributed by atoms with Crippen molar-refractivity contribution in [3.63, 3.8) is 0 Å². The van der Waals surface area contributed by atoms with Crippen molar-refractivity contribution in [3.8, 4) is 17.3 Å². The smallest absolute Gasteiger partial charge is 0.170 e. The predicted molar refractivity (Wildman–Crippen MR) is 114 cm³/mol. The number of anilines is 2. The van der Waals surface area contributed by atoms with E-state index in [4.69, 9.17) is 10.7 Å². The quantitative estimate of drug-likeness (QED) is 0.485. The van der Waals surface area contributed by atoms with Crippen molar-refractivity contribution in [3.05, 3.63) is 64.1 Å². The first kappa shape index (κ1) is 18.8. The molecule has 0 fully saturated rings. The second-order valence-corrected chi connectivity index (χ2v) is 7.33. The fourth-order valence-electron chi connectivity index (χ4n) is 3.11. The summed E-state index contributed by atoms with van der Waals surface area (Å²) in [6.45, 7) is 3.89. The Morgan fingerprint density at radius 2 is 2.00 bits per heavy atom. The number of nitrogens with two attached hydrogens (primary N) is 1. The van der Waals surface area contributed by atoms with Gasteiger partial charge in [0.15, 0.2) is 5.65 Å². The molecule has 1 aromatic carbocycles. The Hall–Kier alpha value is -3.51. The van der Waals surface area contributed by atoms with Gasteiger partial charge < -0.3 is 11.1 Å². The Morgan fingerprint density at radius 3 is 2.72 bits per heavy atom. The van der Waals surface area contributed by atoms with E-state index in [2.05, 4.69) is 42.4 Å². The Kier molecular flexibility index (Phi) is 4.86. The molecule has 0 aliphatic carbocycles. The van der Waals surface area contributed by atoms with Crippen LogP contribution < -0.4 is 11.1 Å². The molecule has 4 rings (SSSR count). The van der Waals surface area contributed by atoms with E-state index in [1.807, 2.05) is 50.4 Å². The van der Waals surface area contributed by atoms with Crippen LogP contribution in [0.3, 0.4) is 0 Å². The van der Waals surface area contributed by atoms with Crippen LogP contribution in [0.4, 0.5) is 11.6 Å². The van der Waals surface area contributed by atoms with Crippen molar-refractivity contribution in [1.82, 2.24) is 24.6 Å². The molecule has 0 saturated heterocycles. The number of hydrogen-bond acceptors (Lipinski definition) is 7. The second-order valence-electron chi connectivity index (χ2n) is 6.54. The number of hydrogen-bond donors (Lipinski definition) is 2. The van der Waals surface area contributed by atoms with Gasteiger partial charge in [-0.05, 0) is 29.8 Å². The zero-order chi connectivity index (χ0) is 20.5. The van der Waals surface area contributed by atoms with Crippen molar-refractivity contribution in [2.75, 3.05) is 11.1 Å². The van der Waals surface area contributed by atoms with Crippen molar-refractivity contribution < 1.29 is 0 Å². The van der Waals surface area contributed by atoms with Crippen LogP contribution in [0.2, 0.25) is 0 Å². The number of halogens is 1. The molecule has 0 radical (unpaired) electrons. The van der Waals surface area contributed by atoms with E-state index in [0.717, 1.165) is 32.6 Å². The van der Waals surface area contributed by atoms with E-state index < -0.39 is 0 Å². The molecule has 0 unspecified atom stereocenters. The average Bonchev–Trinajstić information content (AvgIpc) is 3.01. The summed E-state index contributed by atoms with van der Waals surface area (Å²) in [4.78, 5) is 12.9. The lowest BCUT2D eigenvalue weighted by Crippen LogP contribution is -2.14. The van der Waals surface area contributed by atoms with Crippen molar-refractivity contribution in [1.29, 1.82) is 5.26 Å². The van der Waals surface area contributed by atoms with Crippen molar-refractivity contribution in [2.24, 2.45) is 0 Å². The molecule has 3 aromatic heterocycles. The van der Waals surface area contributed by atoms with Gasteiger partial charge in [0.25, 0.3) is 0 Å². The summed E-state index contributed by atoms with van der Waals surface area (Å²) in [5, 5.41) is 17.2. The number of nitrogens with zero attached hydrogens (tertiary/aromatic N) is 6. The zero-order valence-corrected chi connectivity index (χ0v) is 17.3. The molecule has 144 valence electrons. The topological polar surface area (TPSA) is 118 Å². The molecule has 0 aliphatic rings. The van der Waals surface area contributed by atoms with Gasteiger partial charge >= 0.3 is 0 Å². The molecule has 0 aliphatic heterocycles. The van der Waals surface area contributed by atoms with Gasteiger partial charge in [0.05, 0.1) is 21.9 Å². The molecule has 0 saturated carbocycles. The Morgan fingerprint density at radius 1 is 1.24 bits per heavy atom. The third-order valence-electron chi connectivity index (χ3n) is 4.60. The maximum absolute atomic E-state index is 9.41. The average molecular weight is 449 g/mol. The maximum atomic E-state index is 9.41. The summed E-state index contributed by atoms with van der Waals surface area (Å²) in [5.74, 6) is 0.519. The first-order valence-corrected chi connectivity index (χ1v) is 9.66. The Labute approximate surface area is 175 Å². The van der Waals surface area contributed by atoms with Crippen molar-refractivity contribution >= 4 is 33.2 Å². The highest BCUT2D eigenvalue weighted by atomic mass is 79.9. The van der Waals surface area contributed by atoms with Gasteiger partial charge in [0.1, 0.15) is 29.6 Å². The molecule has 9 heteroatoms. The molecule has 0 bridgehead atoms. The van der Waals surface area contributed by atoms with Gasteiger partial charge in [-0.3, -0.25) is 0 Å². The summed E-state index contributed by atoms with van der Waals surface area (Å²) in [6, 6.07) is 11.7. The lowest BCUT2D eigenvalue weighted by molar-refractivity contribution is 0.825. The SMILES string of the molecule is Cc1nn2cc([C@H](C)Nc3ncnc(N)c3C#N)c(-c3ccccc3)nc2c1Br. The fraction of sp³-hybridized carbons (Fsp3) is 0.150. The number of rotatable bonds is 4. The molecular formula is C20H17BrN8. The molecule has 3 heterocycles. The van der Waals surface area contributed by atoms with Gasteiger partial charge in [0.2, 0.25) is 0 Å². The fourth-order valence-corrected chi connectivity index (χ4v) is 3.46. The van der Waals surface area contributed by atoms with Gasteiger partial charge in [0, 0.05) is 17.3 Å². The summed E-state index contributed by atoms with van der Waals surface area (Å²) in [7, 11) is 0.